The van der Waals surface area contributed by atoms with Crippen LogP contribution in [0.4, 0.5) is 16.2 Å². The molecule has 1 fully saturated rings. The number of nitrogens with one attached hydrogen (secondary N) is 2. The monoisotopic (exact) mass is 699 g/mol. The maximum absolute atomic E-state index is 13.6. The zero-order chi connectivity index (χ0) is 30.2. The van der Waals surface area contributed by atoms with Crippen molar-refractivity contribution in [1.82, 2.24) is 5.32 Å². The summed E-state index contributed by atoms with van der Waals surface area (Å²) in [6.45, 7) is 4.22. The molecule has 3 aromatic rings. The molecule has 0 bridgehead atoms. The molecule has 5 amide bonds. The van der Waals surface area contributed by atoms with Crippen molar-refractivity contribution in [1.29, 1.82) is 0 Å². The average Bonchev–Trinajstić information content (AvgIpc) is 2.95. The maximum Gasteiger partial charge on any atom is 0.335 e. The van der Waals surface area contributed by atoms with Gasteiger partial charge in [0.1, 0.15) is 11.3 Å². The normalized spacial score (nSPS) is 14.0. The molecule has 42 heavy (non-hydrogen) atoms. The lowest BCUT2D eigenvalue weighted by Gasteiger charge is -2.27. The number of halogens is 2. The first-order valence-electron chi connectivity index (χ1n) is 13.0. The van der Waals surface area contributed by atoms with Crippen LogP contribution in [-0.2, 0) is 14.4 Å². The lowest BCUT2D eigenvalue weighted by Crippen LogP contribution is -2.54. The second-order valence-electron chi connectivity index (χ2n) is 8.88. The van der Waals surface area contributed by atoms with E-state index in [1.807, 2.05) is 13.0 Å². The smallest absolute Gasteiger partial charge is 0.335 e. The number of amides is 5. The molecule has 1 heterocycles. The molecule has 3 aromatic carbocycles. The minimum atomic E-state index is -0.906. The van der Waals surface area contributed by atoms with Crippen molar-refractivity contribution in [2.45, 2.75) is 20.3 Å². The number of carbonyl (C=O) groups excluding carboxylic acids is 4. The van der Waals surface area contributed by atoms with Crippen LogP contribution in [0, 0.1) is 0 Å². The first kappa shape index (κ1) is 30.8. The number of ether oxygens (including phenoxy) is 3. The van der Waals surface area contributed by atoms with Crippen LogP contribution in [0.15, 0.2) is 75.2 Å². The van der Waals surface area contributed by atoms with E-state index in [2.05, 4.69) is 42.5 Å². The van der Waals surface area contributed by atoms with E-state index < -0.39 is 23.8 Å². The Bertz CT molecular complexity index is 1540. The molecule has 0 aromatic heterocycles. The topological polar surface area (TPSA) is 123 Å². The molecular formula is C30H27Br2N3O7. The van der Waals surface area contributed by atoms with Crippen LogP contribution >= 0.6 is 31.9 Å². The number of benzene rings is 3. The number of urea groups is 1. The number of barbiturate groups is 1. The van der Waals surface area contributed by atoms with Crippen LogP contribution in [0.1, 0.15) is 25.8 Å². The molecule has 4 rings (SSSR count). The molecule has 1 aliphatic heterocycles. The Balaban J connectivity index is 1.64. The first-order valence-corrected chi connectivity index (χ1v) is 14.6. The van der Waals surface area contributed by atoms with E-state index in [4.69, 9.17) is 14.2 Å². The van der Waals surface area contributed by atoms with Gasteiger partial charge in [-0.1, -0.05) is 41.1 Å². The fraction of sp³-hybridized carbons (Fsp3) is 0.200. The van der Waals surface area contributed by atoms with Gasteiger partial charge < -0.3 is 19.5 Å². The van der Waals surface area contributed by atoms with Gasteiger partial charge in [0, 0.05) is 21.8 Å². The quantitative estimate of drug-likeness (QED) is 0.184. The largest absolute Gasteiger partial charge is 0.490 e. The summed E-state index contributed by atoms with van der Waals surface area (Å²) in [5, 5.41) is 4.94. The number of hydrogen-bond donors (Lipinski definition) is 2. The number of para-hydroxylation sites is 1. The summed E-state index contributed by atoms with van der Waals surface area (Å²) in [4.78, 5) is 52.7. The van der Waals surface area contributed by atoms with E-state index in [1.165, 1.54) is 18.2 Å². The third kappa shape index (κ3) is 7.37. The molecule has 0 spiro atoms. The average molecular weight is 701 g/mol. The summed E-state index contributed by atoms with van der Waals surface area (Å²) >= 11 is 6.83. The minimum absolute atomic E-state index is 0.188. The van der Waals surface area contributed by atoms with Crippen molar-refractivity contribution >= 4 is 73.1 Å². The summed E-state index contributed by atoms with van der Waals surface area (Å²) in [7, 11) is 0. The predicted molar refractivity (Wildman–Crippen MR) is 165 cm³/mol. The Kier molecular flexibility index (Phi) is 10.4. The van der Waals surface area contributed by atoms with Crippen LogP contribution in [0.2, 0.25) is 0 Å². The lowest BCUT2D eigenvalue weighted by atomic mass is 10.1. The highest BCUT2D eigenvalue weighted by molar-refractivity contribution is 9.11. The third-order valence-electron chi connectivity index (χ3n) is 5.79. The number of hydrogen-bond acceptors (Lipinski definition) is 7. The number of carbonyl (C=O) groups is 4. The van der Waals surface area contributed by atoms with Gasteiger partial charge in [0.15, 0.2) is 18.1 Å². The summed E-state index contributed by atoms with van der Waals surface area (Å²) in [5.41, 5.74) is 0.792. The van der Waals surface area contributed by atoms with Gasteiger partial charge in [0.05, 0.1) is 23.4 Å². The summed E-state index contributed by atoms with van der Waals surface area (Å²) < 4.78 is 18.3. The molecule has 1 aliphatic rings. The lowest BCUT2D eigenvalue weighted by molar-refractivity contribution is -0.122. The van der Waals surface area contributed by atoms with E-state index in [-0.39, 0.29) is 23.6 Å². The zero-order valence-corrected chi connectivity index (χ0v) is 25.9. The van der Waals surface area contributed by atoms with E-state index in [0.29, 0.717) is 44.9 Å². The molecule has 12 heteroatoms. The summed E-state index contributed by atoms with van der Waals surface area (Å²) in [6, 6.07) is 16.0. The molecule has 10 nitrogen and oxygen atoms in total. The Hall–Kier alpha value is -4.16. The SMILES string of the molecule is CCCOc1ccc(N2C(=O)NC(=O)/C(=C\c3cc(Br)cc(Br)c3OCC(=O)Nc3ccccc3)C2=O)cc1OCC. The minimum Gasteiger partial charge on any atom is -0.490 e. The maximum atomic E-state index is 13.6. The van der Waals surface area contributed by atoms with Gasteiger partial charge in [-0.25, -0.2) is 9.69 Å². The molecule has 0 aliphatic carbocycles. The second-order valence-corrected chi connectivity index (χ2v) is 10.6. The number of anilines is 2. The van der Waals surface area contributed by atoms with Gasteiger partial charge in [-0.3, -0.25) is 19.7 Å². The Morgan fingerprint density at radius 1 is 0.952 bits per heavy atom. The fourth-order valence-electron chi connectivity index (χ4n) is 3.98. The van der Waals surface area contributed by atoms with Crippen molar-refractivity contribution in [2.24, 2.45) is 0 Å². The fourth-order valence-corrected chi connectivity index (χ4v) is 5.35. The summed E-state index contributed by atoms with van der Waals surface area (Å²) in [6.07, 6.45) is 2.09. The first-order chi connectivity index (χ1) is 20.2. The van der Waals surface area contributed by atoms with Crippen LogP contribution in [0.5, 0.6) is 17.2 Å². The van der Waals surface area contributed by atoms with Crippen molar-refractivity contribution in [2.75, 3.05) is 30.0 Å². The number of nitrogens with zero attached hydrogens (tertiary/aromatic N) is 1. The van der Waals surface area contributed by atoms with Crippen LogP contribution in [-0.4, -0.2) is 43.6 Å². The second kappa shape index (κ2) is 14.1. The van der Waals surface area contributed by atoms with Crippen molar-refractivity contribution in [3.8, 4) is 17.2 Å². The number of imide groups is 2. The van der Waals surface area contributed by atoms with Crippen molar-refractivity contribution < 1.29 is 33.4 Å². The molecule has 0 radical (unpaired) electrons. The van der Waals surface area contributed by atoms with Gasteiger partial charge >= 0.3 is 6.03 Å². The molecule has 0 atom stereocenters. The van der Waals surface area contributed by atoms with Crippen molar-refractivity contribution in [3.63, 3.8) is 0 Å². The highest BCUT2D eigenvalue weighted by Crippen LogP contribution is 2.36. The molecule has 218 valence electrons. The molecule has 1 saturated heterocycles. The van der Waals surface area contributed by atoms with Gasteiger partial charge in [0.2, 0.25) is 0 Å². The van der Waals surface area contributed by atoms with Gasteiger partial charge in [-0.05, 0) is 71.7 Å². The van der Waals surface area contributed by atoms with Crippen molar-refractivity contribution in [3.05, 3.63) is 80.7 Å². The summed E-state index contributed by atoms with van der Waals surface area (Å²) in [5.74, 6) is -1.10. The molecular weight excluding hydrogens is 674 g/mol. The van der Waals surface area contributed by atoms with E-state index >= 15 is 0 Å². The third-order valence-corrected chi connectivity index (χ3v) is 6.84. The Morgan fingerprint density at radius 2 is 1.71 bits per heavy atom. The highest BCUT2D eigenvalue weighted by atomic mass is 79.9. The van der Waals surface area contributed by atoms with E-state index in [0.717, 1.165) is 11.3 Å². The Morgan fingerprint density at radius 3 is 2.43 bits per heavy atom. The van der Waals surface area contributed by atoms with Crippen LogP contribution in [0.25, 0.3) is 6.08 Å². The molecule has 0 unspecified atom stereocenters. The van der Waals surface area contributed by atoms with Crippen LogP contribution < -0.4 is 29.7 Å². The number of rotatable bonds is 11. The zero-order valence-electron chi connectivity index (χ0n) is 22.7. The van der Waals surface area contributed by atoms with Gasteiger partial charge in [-0.2, -0.15) is 0 Å². The Labute approximate surface area is 259 Å². The standard InChI is InChI=1S/C30H27Br2N3O7/c1-3-12-41-24-11-10-21(16-25(24)40-4-2)35-29(38)22(28(37)34-30(35)39)14-18-13-19(31)15-23(32)27(18)42-17-26(36)33-20-8-6-5-7-9-20/h5-11,13-16H,3-4,12,17H2,1-2H3,(H,33,36)(H,34,37,39)/b22-14+. The van der Waals surface area contributed by atoms with Gasteiger partial charge in [0.25, 0.3) is 17.7 Å². The highest BCUT2D eigenvalue weighted by Gasteiger charge is 2.37. The predicted octanol–water partition coefficient (Wildman–Crippen LogP) is 6.08. The van der Waals surface area contributed by atoms with Crippen LogP contribution in [0.3, 0.4) is 0 Å². The molecule has 2 N–H and O–H groups in total. The molecule has 0 saturated carbocycles. The van der Waals surface area contributed by atoms with Gasteiger partial charge in [-0.15, -0.1) is 0 Å². The van der Waals surface area contributed by atoms with E-state index in [1.54, 1.807) is 49.4 Å². The van der Waals surface area contributed by atoms with E-state index in [9.17, 15) is 19.2 Å².